The fraction of sp³-hybridized carbons (Fsp3) is 0.611. The van der Waals surface area contributed by atoms with E-state index in [0.717, 1.165) is 12.8 Å². The molecule has 22 heavy (non-hydrogen) atoms. The summed E-state index contributed by atoms with van der Waals surface area (Å²) in [5.41, 5.74) is -1.14. The van der Waals surface area contributed by atoms with Gasteiger partial charge in [0.05, 0.1) is 0 Å². The number of hydrogen-bond donors (Lipinski definition) is 2. The number of para-hydroxylation sites is 1. The zero-order valence-corrected chi connectivity index (χ0v) is 13.8. The van der Waals surface area contributed by atoms with Gasteiger partial charge in [0, 0.05) is 19.2 Å². The molecule has 1 rings (SSSR count). The largest absolute Gasteiger partial charge is 0.478 e. The first-order valence-corrected chi connectivity index (χ1v) is 8.27. The number of hydrogen-bond acceptors (Lipinski definition) is 3. The summed E-state index contributed by atoms with van der Waals surface area (Å²) >= 11 is 0. The second-order valence-electron chi connectivity index (χ2n) is 5.89. The number of aliphatic hydroxyl groups is 1. The first-order chi connectivity index (χ1) is 10.5. The second kappa shape index (κ2) is 9.46. The lowest BCUT2D eigenvalue weighted by molar-refractivity contribution is -0.159. The van der Waals surface area contributed by atoms with Crippen LogP contribution in [-0.2, 0) is 4.79 Å². The Morgan fingerprint density at radius 2 is 1.59 bits per heavy atom. The van der Waals surface area contributed by atoms with Crippen molar-refractivity contribution in [2.24, 2.45) is 0 Å². The number of unbranched alkanes of at least 4 members (excludes halogenated alkanes) is 6. The van der Waals surface area contributed by atoms with Crippen molar-refractivity contribution in [2.45, 2.75) is 64.0 Å². The third-order valence-electron chi connectivity index (χ3n) is 4.17. The van der Waals surface area contributed by atoms with Crippen molar-refractivity contribution in [1.82, 2.24) is 0 Å². The average molecular weight is 307 g/mol. The molecular formula is C18H29NO3. The third-order valence-corrected chi connectivity index (χ3v) is 4.17. The van der Waals surface area contributed by atoms with Gasteiger partial charge in [-0.25, -0.2) is 4.79 Å². The van der Waals surface area contributed by atoms with Crippen molar-refractivity contribution in [3.8, 4) is 0 Å². The van der Waals surface area contributed by atoms with Crippen LogP contribution in [0.5, 0.6) is 0 Å². The first-order valence-electron chi connectivity index (χ1n) is 8.27. The molecule has 0 aromatic heterocycles. The molecule has 0 aliphatic rings. The van der Waals surface area contributed by atoms with Crippen LogP contribution >= 0.6 is 0 Å². The minimum absolute atomic E-state index is 0.238. The molecule has 1 aromatic rings. The number of nitrogens with zero attached hydrogens (tertiary/aromatic N) is 1. The Hall–Kier alpha value is -1.55. The minimum Gasteiger partial charge on any atom is -0.478 e. The molecular weight excluding hydrogens is 278 g/mol. The van der Waals surface area contributed by atoms with E-state index in [1.54, 1.807) is 19.2 Å². The van der Waals surface area contributed by atoms with Crippen LogP contribution in [0.4, 0.5) is 5.69 Å². The maximum Gasteiger partial charge on any atom is 0.357 e. The third kappa shape index (κ3) is 5.34. The summed E-state index contributed by atoms with van der Waals surface area (Å²) in [5, 5.41) is 20.0. The fourth-order valence-corrected chi connectivity index (χ4v) is 2.61. The molecule has 0 heterocycles. The SMILES string of the molecule is CCCCCCCCCC(O)(C(=O)O)N(C)c1ccccc1. The van der Waals surface area contributed by atoms with Gasteiger partial charge < -0.3 is 15.1 Å². The molecule has 0 radical (unpaired) electrons. The van der Waals surface area contributed by atoms with Crippen molar-refractivity contribution in [3.63, 3.8) is 0 Å². The Morgan fingerprint density at radius 1 is 1.05 bits per heavy atom. The number of likely N-dealkylation sites (N-methyl/N-ethyl adjacent to an activating group) is 1. The molecule has 124 valence electrons. The van der Waals surface area contributed by atoms with Crippen LogP contribution in [0.25, 0.3) is 0 Å². The predicted molar refractivity (Wildman–Crippen MR) is 90.0 cm³/mol. The Morgan fingerprint density at radius 3 is 2.14 bits per heavy atom. The topological polar surface area (TPSA) is 60.8 Å². The second-order valence-corrected chi connectivity index (χ2v) is 5.89. The molecule has 0 saturated heterocycles. The molecule has 0 fully saturated rings. The van der Waals surface area contributed by atoms with E-state index in [2.05, 4.69) is 6.92 Å². The molecule has 4 heteroatoms. The summed E-state index contributed by atoms with van der Waals surface area (Å²) < 4.78 is 0. The van der Waals surface area contributed by atoms with E-state index in [1.165, 1.54) is 30.6 Å². The molecule has 1 unspecified atom stereocenters. The van der Waals surface area contributed by atoms with Gasteiger partial charge in [-0.2, -0.15) is 0 Å². The first kappa shape index (κ1) is 18.5. The summed E-state index contributed by atoms with van der Waals surface area (Å²) in [6.45, 7) is 2.19. The van der Waals surface area contributed by atoms with Crippen LogP contribution in [0.15, 0.2) is 30.3 Å². The van der Waals surface area contributed by atoms with Crippen LogP contribution in [0.3, 0.4) is 0 Å². The van der Waals surface area contributed by atoms with E-state index >= 15 is 0 Å². The highest BCUT2D eigenvalue weighted by Crippen LogP contribution is 2.26. The van der Waals surface area contributed by atoms with Crippen molar-refractivity contribution in [3.05, 3.63) is 30.3 Å². The number of anilines is 1. The van der Waals surface area contributed by atoms with E-state index in [-0.39, 0.29) is 6.42 Å². The van der Waals surface area contributed by atoms with E-state index in [9.17, 15) is 15.0 Å². The highest BCUT2D eigenvalue weighted by molar-refractivity contribution is 5.81. The van der Waals surface area contributed by atoms with Gasteiger partial charge in [0.25, 0.3) is 0 Å². The number of carbonyl (C=O) groups is 1. The van der Waals surface area contributed by atoms with E-state index < -0.39 is 11.7 Å². The summed E-state index contributed by atoms with van der Waals surface area (Å²) in [4.78, 5) is 13.0. The maximum atomic E-state index is 11.5. The predicted octanol–water partition coefficient (Wildman–Crippen LogP) is 4.04. The summed E-state index contributed by atoms with van der Waals surface area (Å²) in [6.07, 6.45) is 7.92. The summed E-state index contributed by atoms with van der Waals surface area (Å²) in [5.74, 6) is -1.19. The number of benzene rings is 1. The molecule has 0 saturated carbocycles. The Kier molecular flexibility index (Phi) is 7.96. The summed E-state index contributed by atoms with van der Waals surface area (Å²) in [7, 11) is 1.63. The van der Waals surface area contributed by atoms with Gasteiger partial charge in [-0.3, -0.25) is 0 Å². The smallest absolute Gasteiger partial charge is 0.357 e. The normalized spacial score (nSPS) is 13.6. The lowest BCUT2D eigenvalue weighted by Gasteiger charge is -2.35. The Bertz CT molecular complexity index is 435. The molecule has 4 nitrogen and oxygen atoms in total. The molecule has 0 spiro atoms. The quantitative estimate of drug-likeness (QED) is 0.478. The zero-order chi connectivity index (χ0) is 16.4. The zero-order valence-electron chi connectivity index (χ0n) is 13.8. The lowest BCUT2D eigenvalue weighted by Crippen LogP contribution is -2.53. The maximum absolute atomic E-state index is 11.5. The molecule has 0 aliphatic carbocycles. The Labute approximate surface area is 133 Å². The number of aliphatic carboxylic acids is 1. The molecule has 1 aromatic carbocycles. The van der Waals surface area contributed by atoms with Gasteiger partial charge in [-0.05, 0) is 18.6 Å². The van der Waals surface area contributed by atoms with Crippen molar-refractivity contribution >= 4 is 11.7 Å². The van der Waals surface area contributed by atoms with Crippen molar-refractivity contribution in [2.75, 3.05) is 11.9 Å². The Balaban J connectivity index is 2.51. The van der Waals surface area contributed by atoms with Crippen LogP contribution in [0.1, 0.15) is 58.3 Å². The highest BCUT2D eigenvalue weighted by Gasteiger charge is 2.40. The van der Waals surface area contributed by atoms with E-state index in [4.69, 9.17) is 0 Å². The van der Waals surface area contributed by atoms with E-state index in [1.807, 2.05) is 18.2 Å². The number of carboxylic acids is 1. The van der Waals surface area contributed by atoms with Crippen LogP contribution in [-0.4, -0.2) is 29.0 Å². The van der Waals surface area contributed by atoms with Gasteiger partial charge in [-0.15, -0.1) is 0 Å². The van der Waals surface area contributed by atoms with Crippen molar-refractivity contribution < 1.29 is 15.0 Å². The number of carboxylic acid groups (broad SMARTS) is 1. The van der Waals surface area contributed by atoms with Crippen LogP contribution < -0.4 is 4.90 Å². The fourth-order valence-electron chi connectivity index (χ4n) is 2.61. The van der Waals surface area contributed by atoms with Crippen LogP contribution in [0.2, 0.25) is 0 Å². The van der Waals surface area contributed by atoms with Gasteiger partial charge in [0.1, 0.15) is 0 Å². The molecule has 0 bridgehead atoms. The van der Waals surface area contributed by atoms with E-state index in [0.29, 0.717) is 12.1 Å². The van der Waals surface area contributed by atoms with Gasteiger partial charge in [-0.1, -0.05) is 63.6 Å². The lowest BCUT2D eigenvalue weighted by atomic mass is 10.0. The highest BCUT2D eigenvalue weighted by atomic mass is 16.4. The molecule has 0 amide bonds. The molecule has 1 atom stereocenters. The van der Waals surface area contributed by atoms with Crippen LogP contribution in [0, 0.1) is 0 Å². The van der Waals surface area contributed by atoms with Crippen molar-refractivity contribution in [1.29, 1.82) is 0 Å². The molecule has 2 N–H and O–H groups in total. The standard InChI is InChI=1S/C18H29NO3/c1-3-4-5-6-7-8-12-15-18(22,17(20)21)19(2)16-13-10-9-11-14-16/h9-11,13-14,22H,3-8,12,15H2,1-2H3,(H,20,21). The monoisotopic (exact) mass is 307 g/mol. The summed E-state index contributed by atoms with van der Waals surface area (Å²) in [6, 6.07) is 9.15. The van der Waals surface area contributed by atoms with Gasteiger partial charge in [0.15, 0.2) is 0 Å². The number of rotatable bonds is 11. The minimum atomic E-state index is -1.84. The van der Waals surface area contributed by atoms with Gasteiger partial charge >= 0.3 is 5.97 Å². The van der Waals surface area contributed by atoms with Gasteiger partial charge in [0.2, 0.25) is 5.72 Å². The molecule has 0 aliphatic heterocycles. The average Bonchev–Trinajstić information content (AvgIpc) is 2.53.